The lowest BCUT2D eigenvalue weighted by molar-refractivity contribution is 0.0786. The zero-order valence-electron chi connectivity index (χ0n) is 12.5. The number of pyridine rings is 1. The second-order valence-electron chi connectivity index (χ2n) is 5.39. The number of nitrogen functional groups attached to an aromatic ring is 1. The van der Waals surface area contributed by atoms with Gasteiger partial charge >= 0.3 is 0 Å². The second-order valence-corrected chi connectivity index (χ2v) is 5.39. The highest BCUT2D eigenvalue weighted by molar-refractivity contribution is 5.94. The van der Waals surface area contributed by atoms with Crippen molar-refractivity contribution in [2.75, 3.05) is 40.0 Å². The van der Waals surface area contributed by atoms with Crippen molar-refractivity contribution in [3.05, 3.63) is 23.4 Å². The number of hydrogen-bond acceptors (Lipinski definition) is 4. The molecular weight excluding hydrogens is 240 g/mol. The van der Waals surface area contributed by atoms with Crippen LogP contribution < -0.4 is 5.73 Å². The molecule has 0 atom stereocenters. The Morgan fingerprint density at radius 1 is 1.26 bits per heavy atom. The molecule has 5 nitrogen and oxygen atoms in total. The van der Waals surface area contributed by atoms with Gasteiger partial charge in [0.2, 0.25) is 0 Å². The van der Waals surface area contributed by atoms with Crippen LogP contribution in [0.2, 0.25) is 0 Å². The maximum Gasteiger partial charge on any atom is 0.253 e. The number of rotatable bonds is 5. The lowest BCUT2D eigenvalue weighted by atomic mass is 10.1. The van der Waals surface area contributed by atoms with E-state index in [-0.39, 0.29) is 11.8 Å². The average Bonchev–Trinajstić information content (AvgIpc) is 2.34. The van der Waals surface area contributed by atoms with Gasteiger partial charge in [-0.25, -0.2) is 4.98 Å². The van der Waals surface area contributed by atoms with Gasteiger partial charge in [-0.3, -0.25) is 4.79 Å². The van der Waals surface area contributed by atoms with Crippen molar-refractivity contribution in [1.82, 2.24) is 14.8 Å². The Kier molecular flexibility index (Phi) is 5.30. The lowest BCUT2D eigenvalue weighted by Gasteiger charge is -2.20. The van der Waals surface area contributed by atoms with Crippen LogP contribution in [0.5, 0.6) is 0 Å². The first-order valence-electron chi connectivity index (χ1n) is 6.49. The van der Waals surface area contributed by atoms with E-state index in [2.05, 4.69) is 4.98 Å². The summed E-state index contributed by atoms with van der Waals surface area (Å²) in [5, 5.41) is 0. The molecule has 1 aromatic rings. The lowest BCUT2D eigenvalue weighted by Crippen LogP contribution is -2.33. The van der Waals surface area contributed by atoms with Crippen molar-refractivity contribution in [2.45, 2.75) is 19.8 Å². The molecule has 0 radical (unpaired) electrons. The molecule has 1 aromatic heterocycles. The van der Waals surface area contributed by atoms with Crippen molar-refractivity contribution < 1.29 is 4.79 Å². The van der Waals surface area contributed by atoms with Crippen LogP contribution in [0, 0.1) is 0 Å². The van der Waals surface area contributed by atoms with Gasteiger partial charge in [-0.2, -0.15) is 0 Å². The number of nitrogens with zero attached hydrogens (tertiary/aromatic N) is 3. The fraction of sp³-hybridized carbons (Fsp3) is 0.571. The van der Waals surface area contributed by atoms with E-state index in [1.54, 1.807) is 18.0 Å². The monoisotopic (exact) mass is 264 g/mol. The molecule has 0 aromatic carbocycles. The first kappa shape index (κ1) is 15.4. The summed E-state index contributed by atoms with van der Waals surface area (Å²) < 4.78 is 0. The molecule has 1 rings (SSSR count). The van der Waals surface area contributed by atoms with Crippen molar-refractivity contribution in [1.29, 1.82) is 0 Å². The number of carbonyl (C=O) groups is 1. The predicted molar refractivity (Wildman–Crippen MR) is 78.3 cm³/mol. The second kappa shape index (κ2) is 6.52. The fourth-order valence-corrected chi connectivity index (χ4v) is 1.67. The van der Waals surface area contributed by atoms with E-state index >= 15 is 0 Å². The van der Waals surface area contributed by atoms with Crippen molar-refractivity contribution in [2.24, 2.45) is 0 Å². The van der Waals surface area contributed by atoms with Crippen LogP contribution in [0.4, 0.5) is 5.82 Å². The Morgan fingerprint density at radius 3 is 2.42 bits per heavy atom. The highest BCUT2D eigenvalue weighted by Crippen LogP contribution is 2.17. The molecule has 0 aliphatic heterocycles. The van der Waals surface area contributed by atoms with Crippen LogP contribution in [0.25, 0.3) is 0 Å². The highest BCUT2D eigenvalue weighted by Gasteiger charge is 2.14. The minimum atomic E-state index is -0.0159. The molecule has 0 aliphatic rings. The van der Waals surface area contributed by atoms with Gasteiger partial charge in [-0.15, -0.1) is 0 Å². The maximum absolute atomic E-state index is 12.3. The minimum Gasteiger partial charge on any atom is -0.384 e. The third kappa shape index (κ3) is 4.52. The molecule has 1 amide bonds. The summed E-state index contributed by atoms with van der Waals surface area (Å²) in [5.41, 5.74) is 7.23. The molecule has 0 spiro atoms. The molecule has 0 unspecified atom stereocenters. The number of nitrogens with two attached hydrogens (primary N) is 1. The first-order chi connectivity index (χ1) is 8.81. The molecule has 0 fully saturated rings. The molecule has 0 saturated heterocycles. The van der Waals surface area contributed by atoms with Gasteiger partial charge in [0.15, 0.2) is 0 Å². The summed E-state index contributed by atoms with van der Waals surface area (Å²) in [7, 11) is 5.77. The Bertz CT molecular complexity index is 443. The van der Waals surface area contributed by atoms with Gasteiger partial charge in [0.1, 0.15) is 5.82 Å². The number of anilines is 1. The molecule has 0 bridgehead atoms. The third-order valence-corrected chi connectivity index (χ3v) is 2.93. The van der Waals surface area contributed by atoms with E-state index in [1.807, 2.05) is 38.9 Å². The van der Waals surface area contributed by atoms with Gasteiger partial charge in [0.05, 0.1) is 0 Å². The van der Waals surface area contributed by atoms with Gasteiger partial charge in [0.25, 0.3) is 5.91 Å². The zero-order chi connectivity index (χ0) is 14.6. The minimum absolute atomic E-state index is 0.0159. The van der Waals surface area contributed by atoms with E-state index in [1.165, 1.54) is 0 Å². The molecule has 106 valence electrons. The van der Waals surface area contributed by atoms with E-state index in [0.717, 1.165) is 12.2 Å². The van der Waals surface area contributed by atoms with E-state index in [4.69, 9.17) is 5.73 Å². The number of hydrogen-bond donors (Lipinski definition) is 1. The van der Waals surface area contributed by atoms with Gasteiger partial charge in [-0.05, 0) is 32.1 Å². The molecule has 2 N–H and O–H groups in total. The summed E-state index contributed by atoms with van der Waals surface area (Å²) in [4.78, 5) is 20.3. The smallest absolute Gasteiger partial charge is 0.253 e. The van der Waals surface area contributed by atoms with Gasteiger partial charge in [-0.1, -0.05) is 13.8 Å². The summed E-state index contributed by atoms with van der Waals surface area (Å²) in [6, 6.07) is 3.47. The Hall–Kier alpha value is -1.62. The molecular formula is C14H24N4O. The molecule has 5 heteroatoms. The largest absolute Gasteiger partial charge is 0.384 e. The van der Waals surface area contributed by atoms with Crippen LogP contribution in [0.3, 0.4) is 0 Å². The zero-order valence-corrected chi connectivity index (χ0v) is 12.5. The number of aromatic nitrogens is 1. The normalized spacial score (nSPS) is 11.1. The van der Waals surface area contributed by atoms with Gasteiger partial charge in [0, 0.05) is 31.4 Å². The highest BCUT2D eigenvalue weighted by atomic mass is 16.2. The molecule has 1 heterocycles. The fourth-order valence-electron chi connectivity index (χ4n) is 1.67. The average molecular weight is 264 g/mol. The Labute approximate surface area is 115 Å². The predicted octanol–water partition coefficient (Wildman–Crippen LogP) is 1.42. The Morgan fingerprint density at radius 2 is 1.89 bits per heavy atom. The van der Waals surface area contributed by atoms with E-state index < -0.39 is 0 Å². The van der Waals surface area contributed by atoms with Crippen LogP contribution in [-0.2, 0) is 0 Å². The molecule has 19 heavy (non-hydrogen) atoms. The first-order valence-corrected chi connectivity index (χ1v) is 6.49. The molecule has 0 aliphatic carbocycles. The summed E-state index contributed by atoms with van der Waals surface area (Å²) in [5.74, 6) is 0.635. The third-order valence-electron chi connectivity index (χ3n) is 2.93. The van der Waals surface area contributed by atoms with Crippen molar-refractivity contribution in [3.63, 3.8) is 0 Å². The van der Waals surface area contributed by atoms with E-state index in [0.29, 0.717) is 17.9 Å². The maximum atomic E-state index is 12.3. The molecule has 0 saturated carbocycles. The van der Waals surface area contributed by atoms with Gasteiger partial charge < -0.3 is 15.5 Å². The van der Waals surface area contributed by atoms with E-state index in [9.17, 15) is 4.79 Å². The van der Waals surface area contributed by atoms with Crippen LogP contribution in [0.1, 0.15) is 35.8 Å². The quantitative estimate of drug-likeness (QED) is 0.873. The summed E-state index contributed by atoms with van der Waals surface area (Å²) >= 11 is 0. The van der Waals surface area contributed by atoms with Crippen LogP contribution in [-0.4, -0.2) is 54.9 Å². The van der Waals surface area contributed by atoms with Crippen LogP contribution in [0.15, 0.2) is 12.1 Å². The Balaban J connectivity index is 2.87. The standard InChI is InChI=1S/C14H24N4O/c1-10(2)12-8-11(9-13(15)16-12)14(19)18(5)7-6-17(3)4/h8-10H,6-7H2,1-5H3,(H2,15,16). The summed E-state index contributed by atoms with van der Waals surface area (Å²) in [6.07, 6.45) is 0. The van der Waals surface area contributed by atoms with Crippen molar-refractivity contribution in [3.8, 4) is 0 Å². The number of amides is 1. The van der Waals surface area contributed by atoms with Crippen LogP contribution >= 0.6 is 0 Å². The number of likely N-dealkylation sites (N-methyl/N-ethyl adjacent to an activating group) is 2. The number of carbonyl (C=O) groups excluding carboxylic acids is 1. The SMILES string of the molecule is CC(C)c1cc(C(=O)N(C)CCN(C)C)cc(N)n1. The van der Waals surface area contributed by atoms with Crippen molar-refractivity contribution >= 4 is 11.7 Å². The topological polar surface area (TPSA) is 62.5 Å². The summed E-state index contributed by atoms with van der Waals surface area (Å²) in [6.45, 7) is 5.59.